The third-order valence-electron chi connectivity index (χ3n) is 2.16. The van der Waals surface area contributed by atoms with E-state index in [9.17, 15) is 4.79 Å². The highest BCUT2D eigenvalue weighted by Crippen LogP contribution is 2.23. The molecule has 1 aromatic rings. The Hall–Kier alpha value is -0.350. The van der Waals surface area contributed by atoms with Crippen molar-refractivity contribution in [3.05, 3.63) is 20.8 Å². The second-order valence-electron chi connectivity index (χ2n) is 4.26. The Labute approximate surface area is 110 Å². The molecular weight excluding hydrogens is 286 g/mol. The number of hydrogen-bond donors (Lipinski definition) is 1. The van der Waals surface area contributed by atoms with Crippen LogP contribution < -0.4 is 5.32 Å². The number of hydrogen-bond acceptors (Lipinski definition) is 2. The topological polar surface area (TPSA) is 29.1 Å². The maximum atomic E-state index is 11.4. The predicted molar refractivity (Wildman–Crippen MR) is 72.8 cm³/mol. The van der Waals surface area contributed by atoms with E-state index in [0.29, 0.717) is 12.3 Å². The smallest absolute Gasteiger partial charge is 0.220 e. The number of thiophene rings is 1. The molecule has 1 aromatic heterocycles. The van der Waals surface area contributed by atoms with E-state index < -0.39 is 0 Å². The van der Waals surface area contributed by atoms with E-state index in [2.05, 4.69) is 47.2 Å². The first-order valence-corrected chi connectivity index (χ1v) is 7.20. The van der Waals surface area contributed by atoms with Gasteiger partial charge in [0, 0.05) is 17.8 Å². The van der Waals surface area contributed by atoms with Crippen LogP contribution in [0.15, 0.2) is 15.9 Å². The molecule has 0 bridgehead atoms. The molecule has 0 saturated heterocycles. The summed E-state index contributed by atoms with van der Waals surface area (Å²) in [5, 5.41) is 2.93. The molecular formula is C12H18BrNOS. The number of halogens is 1. The van der Waals surface area contributed by atoms with Crippen molar-refractivity contribution in [1.29, 1.82) is 0 Å². The molecule has 0 aliphatic heterocycles. The van der Waals surface area contributed by atoms with Gasteiger partial charge in [0.2, 0.25) is 5.91 Å². The molecule has 16 heavy (non-hydrogen) atoms. The minimum absolute atomic E-state index is 0.171. The molecule has 0 aromatic carbocycles. The normalized spacial score (nSPS) is 10.8. The zero-order chi connectivity index (χ0) is 12.0. The van der Waals surface area contributed by atoms with Crippen molar-refractivity contribution in [2.75, 3.05) is 6.54 Å². The molecule has 1 heterocycles. The van der Waals surface area contributed by atoms with Gasteiger partial charge in [-0.05, 0) is 46.8 Å². The van der Waals surface area contributed by atoms with Gasteiger partial charge >= 0.3 is 0 Å². The first-order valence-electron chi connectivity index (χ1n) is 5.59. The van der Waals surface area contributed by atoms with E-state index in [1.807, 2.05) is 0 Å². The van der Waals surface area contributed by atoms with Gasteiger partial charge in [0.15, 0.2) is 0 Å². The maximum Gasteiger partial charge on any atom is 0.220 e. The number of carbonyl (C=O) groups excluding carboxylic acids is 1. The van der Waals surface area contributed by atoms with Crippen LogP contribution in [0.3, 0.4) is 0 Å². The third-order valence-corrected chi connectivity index (χ3v) is 3.85. The average molecular weight is 304 g/mol. The molecule has 1 N–H and O–H groups in total. The molecule has 0 spiro atoms. The van der Waals surface area contributed by atoms with Crippen LogP contribution >= 0.6 is 27.3 Å². The number of amides is 1. The predicted octanol–water partition coefficient (Wildman–Crippen LogP) is 3.61. The van der Waals surface area contributed by atoms with Crippen LogP contribution in [0.2, 0.25) is 0 Å². The number of nitrogens with one attached hydrogen (secondary N) is 1. The van der Waals surface area contributed by atoms with Gasteiger partial charge in [-0.25, -0.2) is 0 Å². The molecule has 0 aliphatic rings. The van der Waals surface area contributed by atoms with Crippen LogP contribution in [-0.2, 0) is 11.2 Å². The second-order valence-corrected chi connectivity index (χ2v) is 6.80. The Morgan fingerprint density at radius 3 is 2.81 bits per heavy atom. The van der Waals surface area contributed by atoms with Gasteiger partial charge in [0.05, 0.1) is 3.79 Å². The molecule has 0 saturated carbocycles. The lowest BCUT2D eigenvalue weighted by Crippen LogP contribution is -2.26. The van der Waals surface area contributed by atoms with Crippen molar-refractivity contribution in [2.45, 2.75) is 33.1 Å². The molecule has 0 radical (unpaired) electrons. The minimum Gasteiger partial charge on any atom is -0.356 e. The Kier molecular flexibility index (Phi) is 6.06. The third kappa shape index (κ3) is 5.66. The molecule has 0 fully saturated rings. The fraction of sp³-hybridized carbons (Fsp3) is 0.583. The zero-order valence-corrected chi connectivity index (χ0v) is 12.2. The van der Waals surface area contributed by atoms with Crippen molar-refractivity contribution < 1.29 is 4.79 Å². The summed E-state index contributed by atoms with van der Waals surface area (Å²) in [6.45, 7) is 4.98. The largest absolute Gasteiger partial charge is 0.356 e. The van der Waals surface area contributed by atoms with E-state index in [1.54, 1.807) is 11.3 Å². The molecule has 0 aliphatic carbocycles. The average Bonchev–Trinajstić information content (AvgIpc) is 2.61. The molecule has 4 heteroatoms. The lowest BCUT2D eigenvalue weighted by atomic mass is 10.2. The fourth-order valence-corrected chi connectivity index (χ4v) is 2.84. The molecule has 90 valence electrons. The summed E-state index contributed by atoms with van der Waals surface area (Å²) in [7, 11) is 0. The minimum atomic E-state index is 0.171. The van der Waals surface area contributed by atoms with Gasteiger partial charge in [-0.2, -0.15) is 0 Å². The van der Waals surface area contributed by atoms with Gasteiger partial charge in [0.25, 0.3) is 0 Å². The van der Waals surface area contributed by atoms with Crippen LogP contribution in [0.4, 0.5) is 0 Å². The fourth-order valence-electron chi connectivity index (χ4n) is 1.32. The summed E-state index contributed by atoms with van der Waals surface area (Å²) < 4.78 is 1.16. The summed E-state index contributed by atoms with van der Waals surface area (Å²) in [5.41, 5.74) is 0. The first-order chi connectivity index (χ1) is 7.58. The number of rotatable bonds is 6. The van der Waals surface area contributed by atoms with Crippen molar-refractivity contribution >= 4 is 33.2 Å². The van der Waals surface area contributed by atoms with E-state index in [-0.39, 0.29) is 5.91 Å². The van der Waals surface area contributed by atoms with E-state index in [4.69, 9.17) is 0 Å². The van der Waals surface area contributed by atoms with Crippen molar-refractivity contribution in [1.82, 2.24) is 5.32 Å². The lowest BCUT2D eigenvalue weighted by Gasteiger charge is -2.06. The van der Waals surface area contributed by atoms with Gasteiger partial charge in [0.1, 0.15) is 0 Å². The molecule has 1 rings (SSSR count). The Bertz CT molecular complexity index is 336. The standard InChI is InChI=1S/C12H18BrNOS/c1-9(2)8-14-12(15)5-3-4-10-6-7-11(13)16-10/h6-7,9H,3-5,8H2,1-2H3,(H,14,15). The van der Waals surface area contributed by atoms with Gasteiger partial charge < -0.3 is 5.32 Å². The van der Waals surface area contributed by atoms with Gasteiger partial charge in [-0.15, -0.1) is 11.3 Å². The van der Waals surface area contributed by atoms with Crippen LogP contribution in [0.5, 0.6) is 0 Å². The lowest BCUT2D eigenvalue weighted by molar-refractivity contribution is -0.121. The van der Waals surface area contributed by atoms with Gasteiger partial charge in [-0.1, -0.05) is 13.8 Å². The molecule has 0 atom stereocenters. The SMILES string of the molecule is CC(C)CNC(=O)CCCc1ccc(Br)s1. The van der Waals surface area contributed by atoms with E-state index in [0.717, 1.165) is 23.2 Å². The van der Waals surface area contributed by atoms with Crippen LogP contribution in [0.25, 0.3) is 0 Å². The highest BCUT2D eigenvalue weighted by Gasteiger charge is 2.03. The number of aryl methyl sites for hydroxylation is 1. The van der Waals surface area contributed by atoms with Crippen LogP contribution in [-0.4, -0.2) is 12.5 Å². The maximum absolute atomic E-state index is 11.4. The van der Waals surface area contributed by atoms with E-state index >= 15 is 0 Å². The van der Waals surface area contributed by atoms with Crippen molar-refractivity contribution in [3.8, 4) is 0 Å². The summed E-state index contributed by atoms with van der Waals surface area (Å²) in [4.78, 5) is 12.8. The van der Waals surface area contributed by atoms with E-state index in [1.165, 1.54) is 4.88 Å². The quantitative estimate of drug-likeness (QED) is 0.854. The Balaban J connectivity index is 2.13. The summed E-state index contributed by atoms with van der Waals surface area (Å²) in [6, 6.07) is 4.17. The summed E-state index contributed by atoms with van der Waals surface area (Å²) >= 11 is 5.18. The van der Waals surface area contributed by atoms with Crippen molar-refractivity contribution in [3.63, 3.8) is 0 Å². The Morgan fingerprint density at radius 2 is 2.25 bits per heavy atom. The second kappa shape index (κ2) is 7.07. The molecule has 0 unspecified atom stereocenters. The highest BCUT2D eigenvalue weighted by molar-refractivity contribution is 9.11. The Morgan fingerprint density at radius 1 is 1.50 bits per heavy atom. The van der Waals surface area contributed by atoms with Gasteiger partial charge in [-0.3, -0.25) is 4.79 Å². The van der Waals surface area contributed by atoms with Crippen molar-refractivity contribution in [2.24, 2.45) is 5.92 Å². The monoisotopic (exact) mass is 303 g/mol. The summed E-state index contributed by atoms with van der Waals surface area (Å²) in [5.74, 6) is 0.696. The molecule has 2 nitrogen and oxygen atoms in total. The molecule has 1 amide bonds. The first kappa shape index (κ1) is 13.7. The highest BCUT2D eigenvalue weighted by atomic mass is 79.9. The van der Waals surface area contributed by atoms with Crippen LogP contribution in [0, 0.1) is 5.92 Å². The number of carbonyl (C=O) groups is 1. The zero-order valence-electron chi connectivity index (χ0n) is 9.75. The van der Waals surface area contributed by atoms with Crippen LogP contribution in [0.1, 0.15) is 31.6 Å². The summed E-state index contributed by atoms with van der Waals surface area (Å²) in [6.07, 6.45) is 2.55.